The smallest absolute Gasteiger partial charge is 0.416 e. The second-order valence-electron chi connectivity index (χ2n) is 4.39. The number of carbonyl (C=O) groups is 2. The SMILES string of the molecule is Cc1cc(C(F)(F)F)ccc1CNC(=O)NCCC(=O)O. The lowest BCUT2D eigenvalue weighted by Gasteiger charge is -2.12. The molecule has 1 aromatic carbocycles. The van der Waals surface area contributed by atoms with Gasteiger partial charge in [0.15, 0.2) is 0 Å². The van der Waals surface area contributed by atoms with Crippen LogP contribution in [0.3, 0.4) is 0 Å². The molecular weight excluding hydrogens is 289 g/mol. The van der Waals surface area contributed by atoms with Gasteiger partial charge in [-0.2, -0.15) is 13.2 Å². The zero-order chi connectivity index (χ0) is 16.0. The largest absolute Gasteiger partial charge is 0.481 e. The maximum atomic E-state index is 12.5. The predicted molar refractivity (Wildman–Crippen MR) is 68.7 cm³/mol. The maximum Gasteiger partial charge on any atom is 0.416 e. The van der Waals surface area contributed by atoms with E-state index in [0.29, 0.717) is 11.1 Å². The predicted octanol–water partition coefficient (Wildman–Crippen LogP) is 2.29. The molecule has 0 aliphatic heterocycles. The quantitative estimate of drug-likeness (QED) is 0.781. The van der Waals surface area contributed by atoms with E-state index < -0.39 is 23.7 Å². The highest BCUT2D eigenvalue weighted by Crippen LogP contribution is 2.30. The highest BCUT2D eigenvalue weighted by Gasteiger charge is 2.30. The van der Waals surface area contributed by atoms with E-state index in [2.05, 4.69) is 10.6 Å². The van der Waals surface area contributed by atoms with Crippen LogP contribution < -0.4 is 10.6 Å². The Morgan fingerprint density at radius 3 is 2.43 bits per heavy atom. The number of hydrogen-bond donors (Lipinski definition) is 3. The lowest BCUT2D eigenvalue weighted by Crippen LogP contribution is -2.36. The van der Waals surface area contributed by atoms with Gasteiger partial charge in [-0.25, -0.2) is 4.79 Å². The molecule has 0 heterocycles. The molecule has 1 rings (SSSR count). The summed E-state index contributed by atoms with van der Waals surface area (Å²) in [5, 5.41) is 13.2. The third kappa shape index (κ3) is 5.72. The molecule has 0 bridgehead atoms. The number of hydrogen-bond acceptors (Lipinski definition) is 2. The molecule has 0 spiro atoms. The van der Waals surface area contributed by atoms with Crippen molar-refractivity contribution in [1.29, 1.82) is 0 Å². The highest BCUT2D eigenvalue weighted by atomic mass is 19.4. The summed E-state index contributed by atoms with van der Waals surface area (Å²) < 4.78 is 37.5. The number of amides is 2. The monoisotopic (exact) mass is 304 g/mol. The first-order valence-electron chi connectivity index (χ1n) is 6.10. The summed E-state index contributed by atoms with van der Waals surface area (Å²) >= 11 is 0. The molecule has 0 saturated carbocycles. The zero-order valence-corrected chi connectivity index (χ0v) is 11.3. The first-order chi connectivity index (χ1) is 9.70. The van der Waals surface area contributed by atoms with Crippen molar-refractivity contribution in [3.63, 3.8) is 0 Å². The van der Waals surface area contributed by atoms with Gasteiger partial charge in [0, 0.05) is 13.1 Å². The molecule has 116 valence electrons. The molecule has 0 aliphatic rings. The Labute approximate surface area is 119 Å². The van der Waals surface area contributed by atoms with E-state index in [1.54, 1.807) is 0 Å². The van der Waals surface area contributed by atoms with Crippen molar-refractivity contribution >= 4 is 12.0 Å². The van der Waals surface area contributed by atoms with Crippen molar-refractivity contribution in [1.82, 2.24) is 10.6 Å². The van der Waals surface area contributed by atoms with E-state index in [1.807, 2.05) is 0 Å². The summed E-state index contributed by atoms with van der Waals surface area (Å²) in [6.07, 6.45) is -4.60. The van der Waals surface area contributed by atoms with E-state index in [1.165, 1.54) is 13.0 Å². The van der Waals surface area contributed by atoms with Gasteiger partial charge in [0.05, 0.1) is 12.0 Å². The number of halogens is 3. The molecule has 2 amide bonds. The normalized spacial score (nSPS) is 11.0. The Balaban J connectivity index is 2.52. The van der Waals surface area contributed by atoms with Gasteiger partial charge in [0.25, 0.3) is 0 Å². The fourth-order valence-corrected chi connectivity index (χ4v) is 1.59. The van der Waals surface area contributed by atoms with E-state index in [4.69, 9.17) is 5.11 Å². The standard InChI is InChI=1S/C13H15F3N2O3/c1-8-6-10(13(14,15)16)3-2-9(8)7-18-12(21)17-5-4-11(19)20/h2-3,6H,4-5,7H2,1H3,(H,19,20)(H2,17,18,21). The molecule has 8 heteroatoms. The van der Waals surface area contributed by atoms with Crippen LogP contribution in [0.2, 0.25) is 0 Å². The van der Waals surface area contributed by atoms with Gasteiger partial charge in [0.1, 0.15) is 0 Å². The lowest BCUT2D eigenvalue weighted by atomic mass is 10.0. The topological polar surface area (TPSA) is 78.4 Å². The number of alkyl halides is 3. The Morgan fingerprint density at radius 2 is 1.90 bits per heavy atom. The van der Waals surface area contributed by atoms with Gasteiger partial charge in [-0.05, 0) is 30.2 Å². The number of urea groups is 1. The summed E-state index contributed by atoms with van der Waals surface area (Å²) in [4.78, 5) is 21.6. The highest BCUT2D eigenvalue weighted by molar-refractivity contribution is 5.75. The first kappa shape index (κ1) is 16.8. The van der Waals surface area contributed by atoms with Gasteiger partial charge in [-0.15, -0.1) is 0 Å². The number of nitrogens with one attached hydrogen (secondary N) is 2. The van der Waals surface area contributed by atoms with Crippen LogP contribution in [0.15, 0.2) is 18.2 Å². The summed E-state index contributed by atoms with van der Waals surface area (Å²) in [5.74, 6) is -1.03. The van der Waals surface area contributed by atoms with Gasteiger partial charge in [-0.1, -0.05) is 6.07 Å². The van der Waals surface area contributed by atoms with Crippen LogP contribution in [0.1, 0.15) is 23.1 Å². The average molecular weight is 304 g/mol. The van der Waals surface area contributed by atoms with E-state index in [9.17, 15) is 22.8 Å². The first-order valence-corrected chi connectivity index (χ1v) is 6.10. The Kier molecular flexibility index (Phi) is 5.57. The minimum atomic E-state index is -4.40. The number of carboxylic acid groups (broad SMARTS) is 1. The van der Waals surface area contributed by atoms with Crippen molar-refractivity contribution in [3.8, 4) is 0 Å². The molecule has 0 aromatic heterocycles. The zero-order valence-electron chi connectivity index (χ0n) is 11.3. The molecule has 0 atom stereocenters. The second kappa shape index (κ2) is 6.96. The minimum Gasteiger partial charge on any atom is -0.481 e. The molecule has 0 aliphatic carbocycles. The van der Waals surface area contributed by atoms with Crippen LogP contribution in [0.4, 0.5) is 18.0 Å². The number of rotatable bonds is 5. The van der Waals surface area contributed by atoms with Crippen LogP contribution in [0, 0.1) is 6.92 Å². The molecule has 0 saturated heterocycles. The summed E-state index contributed by atoms with van der Waals surface area (Å²) in [6.45, 7) is 1.56. The summed E-state index contributed by atoms with van der Waals surface area (Å²) in [6, 6.07) is 2.69. The Bertz CT molecular complexity index is 530. The third-order valence-electron chi connectivity index (χ3n) is 2.73. The van der Waals surface area contributed by atoms with Crippen LogP contribution in [0.5, 0.6) is 0 Å². The van der Waals surface area contributed by atoms with Crippen molar-refractivity contribution in [2.24, 2.45) is 0 Å². The number of aliphatic carboxylic acids is 1. The molecule has 0 radical (unpaired) electrons. The van der Waals surface area contributed by atoms with Gasteiger partial charge in [-0.3, -0.25) is 4.79 Å². The molecule has 21 heavy (non-hydrogen) atoms. The van der Waals surface area contributed by atoms with E-state index in [0.717, 1.165) is 12.1 Å². The van der Waals surface area contributed by atoms with Gasteiger partial charge < -0.3 is 15.7 Å². The Hall–Kier alpha value is -2.25. The number of aryl methyl sites for hydroxylation is 1. The van der Waals surface area contributed by atoms with Crippen molar-refractivity contribution in [3.05, 3.63) is 34.9 Å². The second-order valence-corrected chi connectivity index (χ2v) is 4.39. The number of carbonyl (C=O) groups excluding carboxylic acids is 1. The van der Waals surface area contributed by atoms with Gasteiger partial charge >= 0.3 is 18.2 Å². The van der Waals surface area contributed by atoms with Crippen LogP contribution >= 0.6 is 0 Å². The Morgan fingerprint density at radius 1 is 1.24 bits per heavy atom. The molecule has 1 aromatic rings. The third-order valence-corrected chi connectivity index (χ3v) is 2.73. The molecule has 5 nitrogen and oxygen atoms in total. The van der Waals surface area contributed by atoms with Crippen molar-refractivity contribution in [2.75, 3.05) is 6.54 Å². The fourth-order valence-electron chi connectivity index (χ4n) is 1.59. The fraction of sp³-hybridized carbons (Fsp3) is 0.385. The molecular formula is C13H15F3N2O3. The average Bonchev–Trinajstić information content (AvgIpc) is 2.35. The van der Waals surface area contributed by atoms with Crippen LogP contribution in [-0.4, -0.2) is 23.7 Å². The van der Waals surface area contributed by atoms with Gasteiger partial charge in [0.2, 0.25) is 0 Å². The maximum absolute atomic E-state index is 12.5. The van der Waals surface area contributed by atoms with Crippen molar-refractivity contribution < 1.29 is 27.9 Å². The van der Waals surface area contributed by atoms with E-state index in [-0.39, 0.29) is 19.5 Å². The summed E-state index contributed by atoms with van der Waals surface area (Å²) in [7, 11) is 0. The molecule has 0 unspecified atom stereocenters. The van der Waals surface area contributed by atoms with Crippen LogP contribution in [-0.2, 0) is 17.5 Å². The number of carboxylic acids is 1. The lowest BCUT2D eigenvalue weighted by molar-refractivity contribution is -0.138. The molecule has 0 fully saturated rings. The molecule has 3 N–H and O–H groups in total. The van der Waals surface area contributed by atoms with E-state index >= 15 is 0 Å². The van der Waals surface area contributed by atoms with Crippen molar-refractivity contribution in [2.45, 2.75) is 26.1 Å². The summed E-state index contributed by atoms with van der Waals surface area (Å²) in [5.41, 5.74) is 0.224. The number of benzene rings is 1. The minimum absolute atomic E-state index is 0.0207. The van der Waals surface area contributed by atoms with Crippen LogP contribution in [0.25, 0.3) is 0 Å².